The van der Waals surface area contributed by atoms with Crippen LogP contribution in [0.2, 0.25) is 0 Å². The first kappa shape index (κ1) is 17.6. The number of hydrogen-bond acceptors (Lipinski definition) is 7. The minimum atomic E-state index is 0.642. The lowest BCUT2D eigenvalue weighted by Crippen LogP contribution is -2.19. The van der Waals surface area contributed by atoms with Crippen LogP contribution in [0.1, 0.15) is 29.6 Å². The molecule has 3 rings (SSSR count). The molecule has 0 amide bonds. The molecule has 0 saturated heterocycles. The first-order valence-electron chi connectivity index (χ1n) is 8.32. The lowest BCUT2D eigenvalue weighted by atomic mass is 10.1. The average molecular weight is 357 g/mol. The molecule has 0 radical (unpaired) electrons. The van der Waals surface area contributed by atoms with Gasteiger partial charge in [-0.3, -0.25) is 10.4 Å². The van der Waals surface area contributed by atoms with Gasteiger partial charge in [0.05, 0.1) is 22.0 Å². The van der Waals surface area contributed by atoms with Gasteiger partial charge in [0.25, 0.3) is 0 Å². The molecule has 1 aliphatic rings. The summed E-state index contributed by atoms with van der Waals surface area (Å²) in [6.07, 6.45) is 8.12. The molecule has 2 heterocycles. The molecular weight excluding hydrogens is 334 g/mol. The van der Waals surface area contributed by atoms with Gasteiger partial charge in [-0.15, -0.1) is 0 Å². The van der Waals surface area contributed by atoms with Crippen molar-refractivity contribution in [2.75, 3.05) is 32.7 Å². The first-order valence-corrected chi connectivity index (χ1v) is 9.14. The van der Waals surface area contributed by atoms with E-state index in [4.69, 9.17) is 4.74 Å². The van der Waals surface area contributed by atoms with Gasteiger partial charge in [-0.2, -0.15) is 5.10 Å². The van der Waals surface area contributed by atoms with Gasteiger partial charge in [0, 0.05) is 18.8 Å². The summed E-state index contributed by atoms with van der Waals surface area (Å²) in [5.74, 6) is 0.802. The third kappa shape index (κ3) is 4.87. The Morgan fingerprint density at radius 1 is 1.44 bits per heavy atom. The summed E-state index contributed by atoms with van der Waals surface area (Å²) >= 11 is 1.62. The zero-order valence-corrected chi connectivity index (χ0v) is 15.6. The Labute approximate surface area is 152 Å². The van der Waals surface area contributed by atoms with E-state index in [0.29, 0.717) is 6.61 Å². The van der Waals surface area contributed by atoms with Crippen molar-refractivity contribution >= 4 is 28.3 Å². The van der Waals surface area contributed by atoms with E-state index in [2.05, 4.69) is 37.5 Å². The van der Waals surface area contributed by atoms with Crippen molar-refractivity contribution < 1.29 is 4.74 Å². The molecule has 0 aliphatic heterocycles. The molecule has 0 bridgehead atoms. The van der Waals surface area contributed by atoms with Crippen LogP contribution >= 0.6 is 11.3 Å². The molecule has 1 N–H and O–H groups in total. The normalized spacial score (nSPS) is 13.8. The minimum absolute atomic E-state index is 0.642. The molecule has 2 aromatic heterocycles. The Morgan fingerprint density at radius 3 is 3.12 bits per heavy atom. The van der Waals surface area contributed by atoms with Gasteiger partial charge in [-0.25, -0.2) is 4.98 Å². The number of allylic oxidation sites excluding steroid dienone is 1. The lowest BCUT2D eigenvalue weighted by Gasteiger charge is -2.11. The van der Waals surface area contributed by atoms with Gasteiger partial charge in [0.15, 0.2) is 0 Å². The second kappa shape index (κ2) is 8.22. The number of fused-ring (bicyclic) bond motifs is 1. The standard InChI is InChI=1S/C18H23N5OS/c1-13(16-12-14(8-9-19-16)24-11-10-23(2)3)21-22-18-20-15-6-4-5-7-17(15)25-18/h5,7-9,12H,4,6,10-11H2,1-3H3,(H,20,22)/b21-13+. The summed E-state index contributed by atoms with van der Waals surface area (Å²) in [5.41, 5.74) is 5.78. The van der Waals surface area contributed by atoms with E-state index >= 15 is 0 Å². The van der Waals surface area contributed by atoms with Crippen LogP contribution in [0, 0.1) is 0 Å². The van der Waals surface area contributed by atoms with Crippen LogP contribution in [-0.2, 0) is 6.42 Å². The lowest BCUT2D eigenvalue weighted by molar-refractivity contribution is 0.261. The van der Waals surface area contributed by atoms with Crippen LogP contribution in [0.25, 0.3) is 6.08 Å². The first-order chi connectivity index (χ1) is 12.1. The van der Waals surface area contributed by atoms with Gasteiger partial charge in [0.1, 0.15) is 12.4 Å². The topological polar surface area (TPSA) is 62.6 Å². The van der Waals surface area contributed by atoms with E-state index < -0.39 is 0 Å². The number of nitrogens with zero attached hydrogens (tertiary/aromatic N) is 4. The Hall–Kier alpha value is -2.25. The summed E-state index contributed by atoms with van der Waals surface area (Å²) in [5, 5.41) is 5.24. The number of anilines is 1. The average Bonchev–Trinajstić information content (AvgIpc) is 3.02. The molecule has 132 valence electrons. The summed E-state index contributed by atoms with van der Waals surface area (Å²) in [4.78, 5) is 12.3. The third-order valence-corrected chi connectivity index (χ3v) is 4.74. The maximum Gasteiger partial charge on any atom is 0.204 e. The number of nitrogens with one attached hydrogen (secondary N) is 1. The van der Waals surface area contributed by atoms with Gasteiger partial charge in [-0.1, -0.05) is 17.4 Å². The molecule has 7 heteroatoms. The van der Waals surface area contributed by atoms with Crippen LogP contribution in [0.3, 0.4) is 0 Å². The van der Waals surface area contributed by atoms with E-state index in [0.717, 1.165) is 47.4 Å². The molecule has 0 aromatic carbocycles. The number of likely N-dealkylation sites (N-methyl/N-ethyl adjacent to an activating group) is 1. The van der Waals surface area contributed by atoms with Crippen LogP contribution in [0.15, 0.2) is 29.5 Å². The Morgan fingerprint density at radius 2 is 2.32 bits per heavy atom. The van der Waals surface area contributed by atoms with Gasteiger partial charge in [-0.05, 0) is 46.0 Å². The SMILES string of the molecule is C/C(=N\Nc1nc2c(s1)C=CCC2)c1cc(OCCN(C)C)ccn1. The van der Waals surface area contributed by atoms with Crippen LogP contribution < -0.4 is 10.2 Å². The number of aromatic nitrogens is 2. The molecule has 0 fully saturated rings. The van der Waals surface area contributed by atoms with Gasteiger partial charge < -0.3 is 9.64 Å². The summed E-state index contributed by atoms with van der Waals surface area (Å²) < 4.78 is 5.75. The molecule has 2 aromatic rings. The van der Waals surface area contributed by atoms with E-state index in [1.807, 2.05) is 33.2 Å². The maximum atomic E-state index is 5.75. The minimum Gasteiger partial charge on any atom is -0.492 e. The third-order valence-electron chi connectivity index (χ3n) is 3.77. The van der Waals surface area contributed by atoms with Crippen molar-refractivity contribution in [2.45, 2.75) is 19.8 Å². The molecule has 25 heavy (non-hydrogen) atoms. The fraction of sp³-hybridized carbons (Fsp3) is 0.389. The second-order valence-corrected chi connectivity index (χ2v) is 7.14. The van der Waals surface area contributed by atoms with Crippen molar-refractivity contribution in [1.82, 2.24) is 14.9 Å². The molecule has 0 unspecified atom stereocenters. The fourth-order valence-electron chi connectivity index (χ4n) is 2.36. The Balaban J connectivity index is 1.63. The van der Waals surface area contributed by atoms with Crippen LogP contribution in [0.5, 0.6) is 5.75 Å². The van der Waals surface area contributed by atoms with Gasteiger partial charge >= 0.3 is 0 Å². The Bertz CT molecular complexity index is 782. The predicted molar refractivity (Wildman–Crippen MR) is 104 cm³/mol. The Kier molecular flexibility index (Phi) is 5.78. The quantitative estimate of drug-likeness (QED) is 0.609. The molecule has 0 saturated carbocycles. The van der Waals surface area contributed by atoms with E-state index in [1.54, 1.807) is 17.5 Å². The zero-order chi connectivity index (χ0) is 17.6. The maximum absolute atomic E-state index is 5.75. The van der Waals surface area contributed by atoms with Crippen molar-refractivity contribution in [3.63, 3.8) is 0 Å². The number of thiazole rings is 1. The van der Waals surface area contributed by atoms with E-state index in [-0.39, 0.29) is 0 Å². The number of hydrazone groups is 1. The zero-order valence-electron chi connectivity index (χ0n) is 14.8. The molecule has 0 atom stereocenters. The highest BCUT2D eigenvalue weighted by Gasteiger charge is 2.11. The monoisotopic (exact) mass is 357 g/mol. The largest absolute Gasteiger partial charge is 0.492 e. The summed E-state index contributed by atoms with van der Waals surface area (Å²) in [6.45, 7) is 3.44. The predicted octanol–water partition coefficient (Wildman–Crippen LogP) is 3.27. The number of pyridine rings is 1. The second-order valence-electron chi connectivity index (χ2n) is 6.11. The van der Waals surface area contributed by atoms with E-state index in [1.165, 1.54) is 4.88 Å². The van der Waals surface area contributed by atoms with Crippen molar-refractivity contribution in [1.29, 1.82) is 0 Å². The fourth-order valence-corrected chi connectivity index (χ4v) is 3.25. The number of aryl methyl sites for hydroxylation is 1. The number of rotatable bonds is 7. The summed E-state index contributed by atoms with van der Waals surface area (Å²) in [7, 11) is 4.05. The molecule has 0 spiro atoms. The van der Waals surface area contributed by atoms with Crippen LogP contribution in [0.4, 0.5) is 5.13 Å². The van der Waals surface area contributed by atoms with Crippen LogP contribution in [-0.4, -0.2) is 47.8 Å². The van der Waals surface area contributed by atoms with Gasteiger partial charge in [0.2, 0.25) is 5.13 Å². The molecular formula is C18H23N5OS. The van der Waals surface area contributed by atoms with Crippen molar-refractivity contribution in [2.24, 2.45) is 5.10 Å². The number of hydrogen-bond donors (Lipinski definition) is 1. The highest BCUT2D eigenvalue weighted by atomic mass is 32.1. The highest BCUT2D eigenvalue weighted by Crippen LogP contribution is 2.28. The highest BCUT2D eigenvalue weighted by molar-refractivity contribution is 7.16. The smallest absolute Gasteiger partial charge is 0.204 e. The van der Waals surface area contributed by atoms with E-state index in [9.17, 15) is 0 Å². The van der Waals surface area contributed by atoms with Crippen molar-refractivity contribution in [3.8, 4) is 5.75 Å². The number of ether oxygens (including phenoxy) is 1. The molecule has 6 nitrogen and oxygen atoms in total. The molecule has 1 aliphatic carbocycles. The summed E-state index contributed by atoms with van der Waals surface area (Å²) in [6, 6.07) is 3.77. The van der Waals surface area contributed by atoms with Crippen molar-refractivity contribution in [3.05, 3.63) is 40.7 Å².